The number of alkyl halides is 5. The Balaban J connectivity index is 4.07. The Morgan fingerprint density at radius 2 is 1.63 bits per heavy atom. The molecule has 19 heavy (non-hydrogen) atoms. The van der Waals surface area contributed by atoms with E-state index in [4.69, 9.17) is 10.3 Å². The number of amides is 1. The summed E-state index contributed by atoms with van der Waals surface area (Å²) in [5.74, 6) is -0.567. The predicted molar refractivity (Wildman–Crippen MR) is 86.4 cm³/mol. The minimum absolute atomic E-state index is 0.0400. The maximum absolute atomic E-state index is 11.4. The van der Waals surface area contributed by atoms with Crippen LogP contribution in [-0.4, -0.2) is 37.1 Å². The molecule has 0 saturated carbocycles. The van der Waals surface area contributed by atoms with E-state index >= 15 is 0 Å². The van der Waals surface area contributed by atoms with Gasteiger partial charge >= 0.3 is 12.1 Å². The number of ether oxygens (including phenoxy) is 2. The first kappa shape index (κ1) is 19.7. The first-order chi connectivity index (χ1) is 8.68. The molecule has 12 heteroatoms. The summed E-state index contributed by atoms with van der Waals surface area (Å²) in [5.41, 5.74) is 8.00. The number of carbonyl (C=O) groups is 2. The highest BCUT2D eigenvalue weighted by molar-refractivity contribution is 9.40. The first-order valence-electron chi connectivity index (χ1n) is 4.42. The summed E-state index contributed by atoms with van der Waals surface area (Å²) in [6, 6.07) is 0. The molecule has 2 atom stereocenters. The average Bonchev–Trinajstić information content (AvgIpc) is 2.31. The van der Waals surface area contributed by atoms with Gasteiger partial charge in [-0.25, -0.2) is 9.59 Å². The Kier molecular flexibility index (Phi) is 9.89. The Hall–Kier alpha value is 0.650. The van der Waals surface area contributed by atoms with Gasteiger partial charge in [-0.3, -0.25) is 0 Å². The topological polar surface area (TPSA) is 101 Å². The van der Waals surface area contributed by atoms with E-state index in [0.717, 1.165) is 0 Å². The monoisotopic (exact) mass is 591 g/mol. The summed E-state index contributed by atoms with van der Waals surface area (Å²) in [7, 11) is 0. The van der Waals surface area contributed by atoms with E-state index in [1.54, 1.807) is 0 Å². The minimum Gasteiger partial charge on any atom is -0.462 e. The van der Waals surface area contributed by atoms with Crippen LogP contribution in [0.2, 0.25) is 0 Å². The average molecular weight is 596 g/mol. The second-order valence-corrected chi connectivity index (χ2v) is 12.0. The number of hydrogen-bond donors (Lipinski definition) is 0. The summed E-state index contributed by atoms with van der Waals surface area (Å²) in [4.78, 5) is 23.8. The van der Waals surface area contributed by atoms with E-state index in [1.165, 1.54) is 0 Å². The highest BCUT2D eigenvalue weighted by atomic mass is 80.0. The van der Waals surface area contributed by atoms with Crippen LogP contribution < -0.4 is 0 Å². The lowest BCUT2D eigenvalue weighted by atomic mass is 10.3. The molecule has 0 aromatic heterocycles. The summed E-state index contributed by atoms with van der Waals surface area (Å²) in [6.07, 6.45) is -1.02. The fourth-order valence-corrected chi connectivity index (χ4v) is 1.58. The Morgan fingerprint density at radius 1 is 1.16 bits per heavy atom. The van der Waals surface area contributed by atoms with Crippen molar-refractivity contribution in [2.24, 2.45) is 5.11 Å². The molecule has 108 valence electrons. The van der Waals surface area contributed by atoms with Crippen molar-refractivity contribution in [1.29, 1.82) is 0 Å². The minimum atomic E-state index is -1.13. The Bertz CT molecular complexity index is 381. The lowest BCUT2D eigenvalue weighted by Gasteiger charge is -2.18. The lowest BCUT2D eigenvalue weighted by molar-refractivity contribution is -0.141. The molecule has 0 saturated heterocycles. The molecular formula is C7H6Br5N3O4. The molecule has 0 aliphatic rings. The third-order valence-corrected chi connectivity index (χ3v) is 4.98. The zero-order valence-corrected chi connectivity index (χ0v) is 16.9. The van der Waals surface area contributed by atoms with Crippen molar-refractivity contribution >= 4 is 91.7 Å². The standard InChI is InChI=1S/C7H6Br5N3O4/c8-3(1-18-5(16)7(10,11)12)4(9)2-19-6(17)14-15-13/h3-4H,1-2H2. The molecule has 0 aromatic rings. The molecule has 1 amide bonds. The van der Waals surface area contributed by atoms with Gasteiger partial charge in [-0.1, -0.05) is 31.9 Å². The van der Waals surface area contributed by atoms with Crippen LogP contribution in [0.25, 0.3) is 10.4 Å². The molecule has 0 spiro atoms. The van der Waals surface area contributed by atoms with Crippen molar-refractivity contribution < 1.29 is 19.1 Å². The van der Waals surface area contributed by atoms with Crippen molar-refractivity contribution in [3.63, 3.8) is 0 Å². The second kappa shape index (κ2) is 9.56. The number of carbonyl (C=O) groups excluding carboxylic acids is 2. The highest BCUT2D eigenvalue weighted by Gasteiger charge is 2.31. The number of esters is 1. The van der Waals surface area contributed by atoms with E-state index in [2.05, 4.69) is 94.4 Å². The molecule has 0 N–H and O–H groups in total. The molecule has 0 fully saturated rings. The van der Waals surface area contributed by atoms with Crippen molar-refractivity contribution in [1.82, 2.24) is 0 Å². The van der Waals surface area contributed by atoms with E-state index < -0.39 is 14.2 Å². The molecule has 0 aromatic carbocycles. The fourth-order valence-electron chi connectivity index (χ4n) is 0.662. The molecular weight excluding hydrogens is 590 g/mol. The third kappa shape index (κ3) is 9.24. The van der Waals surface area contributed by atoms with E-state index in [1.807, 2.05) is 0 Å². The van der Waals surface area contributed by atoms with Gasteiger partial charge in [0, 0.05) is 10.0 Å². The van der Waals surface area contributed by atoms with Gasteiger partial charge in [0.2, 0.25) is 2.14 Å². The maximum atomic E-state index is 11.4. The van der Waals surface area contributed by atoms with Gasteiger partial charge in [-0.05, 0) is 53.3 Å². The maximum Gasteiger partial charge on any atom is 0.396 e. The number of nitrogens with zero attached hydrogens (tertiary/aromatic N) is 3. The van der Waals surface area contributed by atoms with Gasteiger partial charge in [0.25, 0.3) is 0 Å². The van der Waals surface area contributed by atoms with Crippen LogP contribution in [0.3, 0.4) is 0 Å². The van der Waals surface area contributed by atoms with Gasteiger partial charge in [0.1, 0.15) is 13.2 Å². The highest BCUT2D eigenvalue weighted by Crippen LogP contribution is 2.34. The number of hydrogen-bond acceptors (Lipinski definition) is 4. The SMILES string of the molecule is [N-]=[N+]=NC(=O)OCC(Br)C(Br)COC(=O)C(Br)(Br)Br. The molecule has 0 bridgehead atoms. The lowest BCUT2D eigenvalue weighted by Crippen LogP contribution is -2.29. The van der Waals surface area contributed by atoms with Crippen LogP contribution in [0.1, 0.15) is 0 Å². The van der Waals surface area contributed by atoms with Crippen LogP contribution in [0.5, 0.6) is 0 Å². The second-order valence-electron chi connectivity index (χ2n) is 2.89. The van der Waals surface area contributed by atoms with E-state index in [0.29, 0.717) is 0 Å². The summed E-state index contributed by atoms with van der Waals surface area (Å²) in [6.45, 7) is -0.00817. The molecule has 0 radical (unpaired) electrons. The molecule has 0 aliphatic heterocycles. The summed E-state index contributed by atoms with van der Waals surface area (Å²) >= 11 is 15.5. The predicted octanol–water partition coefficient (Wildman–Crippen LogP) is 4.34. The first-order valence-corrected chi connectivity index (χ1v) is 8.63. The Morgan fingerprint density at radius 3 is 2.05 bits per heavy atom. The zero-order chi connectivity index (χ0) is 15.1. The number of rotatable bonds is 5. The molecule has 0 rings (SSSR count). The molecule has 0 heterocycles. The van der Waals surface area contributed by atoms with Crippen LogP contribution in [0.15, 0.2) is 5.11 Å². The number of azide groups is 1. The molecule has 7 nitrogen and oxygen atoms in total. The van der Waals surface area contributed by atoms with Crippen molar-refractivity contribution in [3.8, 4) is 0 Å². The van der Waals surface area contributed by atoms with Crippen LogP contribution >= 0.6 is 79.6 Å². The van der Waals surface area contributed by atoms with Crippen molar-refractivity contribution in [2.45, 2.75) is 11.8 Å². The van der Waals surface area contributed by atoms with Gasteiger partial charge < -0.3 is 9.47 Å². The molecule has 2 unspecified atom stereocenters. The smallest absolute Gasteiger partial charge is 0.396 e. The van der Waals surface area contributed by atoms with Gasteiger partial charge in [-0.15, -0.1) is 0 Å². The summed E-state index contributed by atoms with van der Waals surface area (Å²) < 4.78 is 8.47. The van der Waals surface area contributed by atoms with Crippen molar-refractivity contribution in [3.05, 3.63) is 10.4 Å². The van der Waals surface area contributed by atoms with Gasteiger partial charge in [-0.2, -0.15) is 0 Å². The van der Waals surface area contributed by atoms with E-state index in [-0.39, 0.29) is 22.9 Å². The van der Waals surface area contributed by atoms with Crippen LogP contribution in [-0.2, 0) is 14.3 Å². The fraction of sp³-hybridized carbons (Fsp3) is 0.714. The summed E-state index contributed by atoms with van der Waals surface area (Å²) in [5, 5.41) is 2.74. The normalized spacial score (nSPS) is 13.9. The van der Waals surface area contributed by atoms with Crippen LogP contribution in [0.4, 0.5) is 4.79 Å². The largest absolute Gasteiger partial charge is 0.462 e. The number of halogens is 5. The quantitative estimate of drug-likeness (QED) is 0.155. The van der Waals surface area contributed by atoms with Gasteiger partial charge in [0.05, 0.1) is 9.65 Å². The van der Waals surface area contributed by atoms with Gasteiger partial charge in [0.15, 0.2) is 0 Å². The van der Waals surface area contributed by atoms with Crippen LogP contribution in [0, 0.1) is 0 Å². The third-order valence-electron chi connectivity index (χ3n) is 1.49. The Labute approximate surface area is 150 Å². The van der Waals surface area contributed by atoms with Crippen molar-refractivity contribution in [2.75, 3.05) is 13.2 Å². The van der Waals surface area contributed by atoms with E-state index in [9.17, 15) is 9.59 Å². The molecule has 0 aliphatic carbocycles. The zero-order valence-electron chi connectivity index (χ0n) is 8.93.